The molecule has 1 aromatic carbocycles. The van der Waals surface area contributed by atoms with Gasteiger partial charge in [0.2, 0.25) is 0 Å². The van der Waals surface area contributed by atoms with Crippen LogP contribution in [0, 0.1) is 0 Å². The number of hydrogen-bond donors (Lipinski definition) is 2. The first-order valence-corrected chi connectivity index (χ1v) is 9.33. The van der Waals surface area contributed by atoms with Crippen LogP contribution in [0.4, 0.5) is 0 Å². The van der Waals surface area contributed by atoms with Crippen molar-refractivity contribution in [2.75, 3.05) is 6.54 Å². The van der Waals surface area contributed by atoms with Gasteiger partial charge in [-0.2, -0.15) is 0 Å². The number of hydrogen-bond acceptors (Lipinski definition) is 4. The topological polar surface area (TPSA) is 91.2 Å². The number of H-pyrrole nitrogens is 1. The molecule has 8 heteroatoms. The lowest BCUT2D eigenvalue weighted by molar-refractivity contribution is -0.137. The summed E-state index contributed by atoms with van der Waals surface area (Å²) in [6, 6.07) is 10.9. The van der Waals surface area contributed by atoms with E-state index in [1.807, 2.05) is 24.3 Å². The molecule has 0 saturated heterocycles. The highest BCUT2D eigenvalue weighted by Crippen LogP contribution is 2.21. The number of nitrogens with zero attached hydrogens (tertiary/aromatic N) is 3. The molecule has 0 aliphatic carbocycles. The summed E-state index contributed by atoms with van der Waals surface area (Å²) >= 11 is 5.93. The van der Waals surface area contributed by atoms with Crippen LogP contribution in [-0.2, 0) is 30.8 Å². The van der Waals surface area contributed by atoms with E-state index in [2.05, 4.69) is 14.9 Å². The van der Waals surface area contributed by atoms with Crippen molar-refractivity contribution in [1.82, 2.24) is 19.4 Å². The van der Waals surface area contributed by atoms with Crippen molar-refractivity contribution in [1.29, 1.82) is 0 Å². The van der Waals surface area contributed by atoms with Gasteiger partial charge in [-0.05, 0) is 36.4 Å². The Bertz CT molecular complexity index is 1070. The molecular formula is C20H19ClN4O3. The molecule has 0 radical (unpaired) electrons. The second-order valence-corrected chi connectivity index (χ2v) is 7.26. The van der Waals surface area contributed by atoms with Crippen LogP contribution in [0.25, 0.3) is 11.4 Å². The van der Waals surface area contributed by atoms with E-state index in [4.69, 9.17) is 16.7 Å². The summed E-state index contributed by atoms with van der Waals surface area (Å²) in [6.45, 7) is 1.75. The Morgan fingerprint density at radius 1 is 1.25 bits per heavy atom. The van der Waals surface area contributed by atoms with Gasteiger partial charge in [0.25, 0.3) is 5.56 Å². The van der Waals surface area contributed by atoms with Crippen LogP contribution in [-0.4, -0.2) is 37.1 Å². The van der Waals surface area contributed by atoms with Gasteiger partial charge >= 0.3 is 5.97 Å². The number of aromatic nitrogens is 3. The van der Waals surface area contributed by atoms with E-state index in [0.29, 0.717) is 35.9 Å². The maximum absolute atomic E-state index is 12.7. The van der Waals surface area contributed by atoms with Crippen molar-refractivity contribution in [2.24, 2.45) is 0 Å². The predicted octanol–water partition coefficient (Wildman–Crippen LogP) is 2.53. The first kappa shape index (κ1) is 18.5. The maximum Gasteiger partial charge on any atom is 0.323 e. The fourth-order valence-electron chi connectivity index (χ4n) is 3.48. The zero-order chi connectivity index (χ0) is 19.7. The van der Waals surface area contributed by atoms with Crippen molar-refractivity contribution < 1.29 is 9.90 Å². The molecule has 0 atom stereocenters. The molecule has 2 aromatic heterocycles. The maximum atomic E-state index is 12.7. The first-order chi connectivity index (χ1) is 13.5. The Labute approximate surface area is 166 Å². The van der Waals surface area contributed by atoms with E-state index in [1.165, 1.54) is 0 Å². The van der Waals surface area contributed by atoms with Gasteiger partial charge in [-0.25, -0.2) is 4.98 Å². The molecule has 2 N–H and O–H groups in total. The minimum absolute atomic E-state index is 0.0701. The van der Waals surface area contributed by atoms with E-state index in [0.717, 1.165) is 23.5 Å². The summed E-state index contributed by atoms with van der Waals surface area (Å²) in [7, 11) is 0. The Hall–Kier alpha value is -2.90. The summed E-state index contributed by atoms with van der Waals surface area (Å²) in [6.07, 6.45) is 2.42. The highest BCUT2D eigenvalue weighted by molar-refractivity contribution is 6.30. The van der Waals surface area contributed by atoms with Crippen molar-refractivity contribution in [3.05, 3.63) is 74.9 Å². The van der Waals surface area contributed by atoms with E-state index < -0.39 is 5.97 Å². The van der Waals surface area contributed by atoms with Crippen molar-refractivity contribution >= 4 is 17.6 Å². The number of carboxylic acids is 1. The first-order valence-electron chi connectivity index (χ1n) is 8.96. The summed E-state index contributed by atoms with van der Waals surface area (Å²) in [4.78, 5) is 33.3. The molecule has 144 valence electrons. The zero-order valence-corrected chi connectivity index (χ0v) is 15.8. The number of rotatable bonds is 5. The molecule has 0 saturated carbocycles. The highest BCUT2D eigenvalue weighted by Gasteiger charge is 2.22. The smallest absolute Gasteiger partial charge is 0.323 e. The lowest BCUT2D eigenvalue weighted by Crippen LogP contribution is -2.36. The third-order valence-electron chi connectivity index (χ3n) is 4.88. The third-order valence-corrected chi connectivity index (χ3v) is 5.13. The monoisotopic (exact) mass is 398 g/mol. The number of nitrogens with one attached hydrogen (secondary N) is 1. The van der Waals surface area contributed by atoms with Gasteiger partial charge in [-0.15, -0.1) is 0 Å². The molecule has 0 spiro atoms. The lowest BCUT2D eigenvalue weighted by Gasteiger charge is -2.28. The number of fused-ring (bicyclic) bond motifs is 1. The van der Waals surface area contributed by atoms with E-state index in [-0.39, 0.29) is 12.1 Å². The number of halogens is 1. The number of carboxylic acid groups (broad SMARTS) is 1. The van der Waals surface area contributed by atoms with Gasteiger partial charge in [0.1, 0.15) is 12.4 Å². The largest absolute Gasteiger partial charge is 0.480 e. The fraction of sp³-hybridized carbons (Fsp3) is 0.250. The number of carbonyl (C=O) groups is 1. The zero-order valence-electron chi connectivity index (χ0n) is 15.1. The van der Waals surface area contributed by atoms with Gasteiger partial charge in [-0.3, -0.25) is 14.5 Å². The van der Waals surface area contributed by atoms with Crippen LogP contribution in [0.15, 0.2) is 47.4 Å². The molecule has 1 aliphatic heterocycles. The molecule has 1 aliphatic rings. The van der Waals surface area contributed by atoms with Crippen LogP contribution in [0.2, 0.25) is 5.02 Å². The van der Waals surface area contributed by atoms with Gasteiger partial charge in [0, 0.05) is 48.5 Å². The van der Waals surface area contributed by atoms with Crippen LogP contribution >= 0.6 is 11.6 Å². The number of benzene rings is 1. The Kier molecular flexibility index (Phi) is 5.02. The molecule has 0 unspecified atom stereocenters. The second-order valence-electron chi connectivity index (χ2n) is 6.83. The van der Waals surface area contributed by atoms with Crippen molar-refractivity contribution in [2.45, 2.75) is 26.1 Å². The molecule has 0 fully saturated rings. The van der Waals surface area contributed by atoms with E-state index in [1.54, 1.807) is 22.9 Å². The van der Waals surface area contributed by atoms with E-state index in [9.17, 15) is 9.59 Å². The molecule has 4 rings (SSSR count). The van der Waals surface area contributed by atoms with Crippen molar-refractivity contribution in [3.8, 4) is 11.4 Å². The van der Waals surface area contributed by atoms with Gasteiger partial charge in [0.15, 0.2) is 0 Å². The predicted molar refractivity (Wildman–Crippen MR) is 105 cm³/mol. The summed E-state index contributed by atoms with van der Waals surface area (Å²) in [5.41, 5.74) is 3.07. The third kappa shape index (κ3) is 3.85. The van der Waals surface area contributed by atoms with Gasteiger partial charge in [0.05, 0.1) is 11.3 Å². The summed E-state index contributed by atoms with van der Waals surface area (Å²) in [5.74, 6) is -0.332. The highest BCUT2D eigenvalue weighted by atomic mass is 35.5. The minimum Gasteiger partial charge on any atom is -0.480 e. The Balaban J connectivity index is 1.55. The molecule has 3 heterocycles. The van der Waals surface area contributed by atoms with Crippen LogP contribution < -0.4 is 5.56 Å². The quantitative estimate of drug-likeness (QED) is 0.689. The normalized spacial score (nSPS) is 14.0. The van der Waals surface area contributed by atoms with Gasteiger partial charge in [-0.1, -0.05) is 11.6 Å². The standard InChI is InChI=1S/C20H19ClN4O3/c21-14-5-3-13(4-6-14)19-22-17-7-9-24(11-16(17)20(28)23-19)10-15-2-1-8-25(15)12-18(26)27/h1-6,8H,7,9-12H2,(H,26,27)(H,22,23,28). The SMILES string of the molecule is O=C(O)Cn1cccc1CN1CCc2nc(-c3ccc(Cl)cc3)[nH]c(=O)c2C1. The fourth-order valence-corrected chi connectivity index (χ4v) is 3.61. The van der Waals surface area contributed by atoms with E-state index >= 15 is 0 Å². The van der Waals surface area contributed by atoms with Crippen molar-refractivity contribution in [3.63, 3.8) is 0 Å². The van der Waals surface area contributed by atoms with Gasteiger partial charge < -0.3 is 14.7 Å². The minimum atomic E-state index is -0.878. The molecule has 28 heavy (non-hydrogen) atoms. The lowest BCUT2D eigenvalue weighted by atomic mass is 10.1. The molecular weight excluding hydrogens is 380 g/mol. The molecule has 0 amide bonds. The summed E-state index contributed by atoms with van der Waals surface area (Å²) < 4.78 is 1.71. The van der Waals surface area contributed by atoms with Crippen LogP contribution in [0.3, 0.4) is 0 Å². The molecule has 0 bridgehead atoms. The summed E-state index contributed by atoms with van der Waals surface area (Å²) in [5, 5.41) is 9.65. The average molecular weight is 399 g/mol. The number of aromatic amines is 1. The Morgan fingerprint density at radius 2 is 2.04 bits per heavy atom. The Morgan fingerprint density at radius 3 is 2.79 bits per heavy atom. The second kappa shape index (κ2) is 7.61. The average Bonchev–Trinajstić information content (AvgIpc) is 3.08. The molecule has 3 aromatic rings. The van der Waals surface area contributed by atoms with Crippen LogP contribution in [0.5, 0.6) is 0 Å². The number of aliphatic carboxylic acids is 1. The van der Waals surface area contributed by atoms with Crippen LogP contribution in [0.1, 0.15) is 17.0 Å². The molecule has 7 nitrogen and oxygen atoms in total.